The second-order valence-electron chi connectivity index (χ2n) is 2.78. The van der Waals surface area contributed by atoms with Crippen LogP contribution in [0.1, 0.15) is 6.42 Å². The van der Waals surface area contributed by atoms with Crippen molar-refractivity contribution in [2.75, 3.05) is 32.1 Å². The molecule has 0 atom stereocenters. The van der Waals surface area contributed by atoms with Crippen LogP contribution in [0.4, 0.5) is 8.78 Å². The van der Waals surface area contributed by atoms with Crippen LogP contribution in [-0.4, -0.2) is 43.6 Å². The van der Waals surface area contributed by atoms with Gasteiger partial charge in [-0.3, -0.25) is 4.99 Å². The zero-order chi connectivity index (χ0) is 10.2. The van der Waals surface area contributed by atoms with Gasteiger partial charge in [-0.25, -0.2) is 8.78 Å². The highest BCUT2D eigenvalue weighted by atomic mass is 32.2. The molecule has 1 rings (SSSR count). The van der Waals surface area contributed by atoms with E-state index in [2.05, 4.69) is 10.3 Å². The third-order valence-corrected chi connectivity index (χ3v) is 2.60. The molecule has 3 nitrogen and oxygen atoms in total. The molecule has 1 N–H and O–H groups in total. The van der Waals surface area contributed by atoms with E-state index in [1.165, 1.54) is 0 Å². The second-order valence-corrected chi connectivity index (χ2v) is 3.87. The van der Waals surface area contributed by atoms with Gasteiger partial charge in [0.25, 0.3) is 6.43 Å². The van der Waals surface area contributed by atoms with E-state index in [4.69, 9.17) is 4.74 Å². The average molecular weight is 224 g/mol. The van der Waals surface area contributed by atoms with Crippen LogP contribution in [0, 0.1) is 0 Å². The fourth-order valence-corrected chi connectivity index (χ4v) is 1.82. The van der Waals surface area contributed by atoms with E-state index in [0.29, 0.717) is 13.2 Å². The Hall–Kier alpha value is -0.360. The van der Waals surface area contributed by atoms with E-state index in [0.717, 1.165) is 23.9 Å². The maximum absolute atomic E-state index is 11.6. The third kappa shape index (κ3) is 5.39. The largest absolute Gasteiger partial charge is 0.374 e. The molecule has 0 aliphatic carbocycles. The van der Waals surface area contributed by atoms with Crippen molar-refractivity contribution in [3.05, 3.63) is 0 Å². The lowest BCUT2D eigenvalue weighted by Gasteiger charge is -2.12. The SMILES string of the molecule is FC(F)COCCNC1=NCCCS1. The van der Waals surface area contributed by atoms with Crippen LogP contribution < -0.4 is 5.32 Å². The van der Waals surface area contributed by atoms with Gasteiger partial charge < -0.3 is 10.1 Å². The summed E-state index contributed by atoms with van der Waals surface area (Å²) in [5, 5.41) is 3.94. The van der Waals surface area contributed by atoms with Crippen LogP contribution in [-0.2, 0) is 4.74 Å². The van der Waals surface area contributed by atoms with E-state index in [1.807, 2.05) is 0 Å². The van der Waals surface area contributed by atoms with Crippen LogP contribution in [0.5, 0.6) is 0 Å². The summed E-state index contributed by atoms with van der Waals surface area (Å²) in [5.41, 5.74) is 0. The minimum Gasteiger partial charge on any atom is -0.374 e. The number of hydrogen-bond donors (Lipinski definition) is 1. The molecule has 0 fully saturated rings. The highest BCUT2D eigenvalue weighted by Crippen LogP contribution is 2.09. The molecular weight excluding hydrogens is 210 g/mol. The molecule has 1 aliphatic rings. The lowest BCUT2D eigenvalue weighted by Crippen LogP contribution is -2.27. The Morgan fingerprint density at radius 1 is 1.57 bits per heavy atom. The van der Waals surface area contributed by atoms with Gasteiger partial charge in [0.2, 0.25) is 0 Å². The lowest BCUT2D eigenvalue weighted by atomic mass is 10.5. The van der Waals surface area contributed by atoms with Crippen LogP contribution in [0.15, 0.2) is 4.99 Å². The Labute approximate surface area is 86.3 Å². The molecular formula is C8H14F2N2OS. The van der Waals surface area contributed by atoms with Gasteiger partial charge in [-0.2, -0.15) is 0 Å². The zero-order valence-corrected chi connectivity index (χ0v) is 8.66. The summed E-state index contributed by atoms with van der Waals surface area (Å²) in [6, 6.07) is 0. The molecule has 0 bridgehead atoms. The molecule has 0 aromatic carbocycles. The number of rotatable bonds is 5. The van der Waals surface area contributed by atoms with Crippen molar-refractivity contribution in [2.45, 2.75) is 12.8 Å². The van der Waals surface area contributed by atoms with Gasteiger partial charge in [-0.1, -0.05) is 11.8 Å². The van der Waals surface area contributed by atoms with Gasteiger partial charge >= 0.3 is 0 Å². The summed E-state index contributed by atoms with van der Waals surface area (Å²) < 4.78 is 28.0. The highest BCUT2D eigenvalue weighted by Gasteiger charge is 2.05. The first-order chi connectivity index (χ1) is 6.79. The van der Waals surface area contributed by atoms with E-state index < -0.39 is 13.0 Å². The summed E-state index contributed by atoms with van der Waals surface area (Å²) in [4.78, 5) is 4.23. The Bertz CT molecular complexity index is 190. The van der Waals surface area contributed by atoms with Gasteiger partial charge in [0, 0.05) is 18.8 Å². The minimum absolute atomic E-state index is 0.296. The molecule has 14 heavy (non-hydrogen) atoms. The highest BCUT2D eigenvalue weighted by molar-refractivity contribution is 8.13. The molecule has 0 aromatic rings. The van der Waals surface area contributed by atoms with Gasteiger partial charge in [0.1, 0.15) is 6.61 Å². The first kappa shape index (κ1) is 11.7. The van der Waals surface area contributed by atoms with Crippen molar-refractivity contribution in [1.29, 1.82) is 0 Å². The number of aliphatic imine (C=N–C) groups is 1. The minimum atomic E-state index is -2.38. The molecule has 0 saturated carbocycles. The summed E-state index contributed by atoms with van der Waals surface area (Å²) in [7, 11) is 0. The molecule has 0 radical (unpaired) electrons. The Morgan fingerprint density at radius 3 is 3.07 bits per heavy atom. The Kier molecular flexibility index (Phi) is 5.86. The molecule has 0 spiro atoms. The number of thioether (sulfide) groups is 1. The predicted octanol–water partition coefficient (Wildman–Crippen LogP) is 1.35. The van der Waals surface area contributed by atoms with Crippen molar-refractivity contribution in [1.82, 2.24) is 5.32 Å². The van der Waals surface area contributed by atoms with Crippen molar-refractivity contribution >= 4 is 16.9 Å². The van der Waals surface area contributed by atoms with Gasteiger partial charge in [-0.15, -0.1) is 0 Å². The molecule has 0 saturated heterocycles. The van der Waals surface area contributed by atoms with Crippen LogP contribution in [0.25, 0.3) is 0 Å². The zero-order valence-electron chi connectivity index (χ0n) is 7.84. The van der Waals surface area contributed by atoms with Gasteiger partial charge in [0.15, 0.2) is 5.17 Å². The quantitative estimate of drug-likeness (QED) is 0.716. The van der Waals surface area contributed by atoms with Crippen molar-refractivity contribution < 1.29 is 13.5 Å². The second kappa shape index (κ2) is 7.00. The lowest BCUT2D eigenvalue weighted by molar-refractivity contribution is 0.0197. The summed E-state index contributed by atoms with van der Waals surface area (Å²) in [6.07, 6.45) is -1.27. The predicted molar refractivity (Wildman–Crippen MR) is 54.2 cm³/mol. The number of hydrogen-bond acceptors (Lipinski definition) is 4. The number of nitrogens with zero attached hydrogens (tertiary/aromatic N) is 1. The number of ether oxygens (including phenoxy) is 1. The fourth-order valence-electron chi connectivity index (χ4n) is 0.969. The number of nitrogens with one attached hydrogen (secondary N) is 1. The van der Waals surface area contributed by atoms with Gasteiger partial charge in [0.05, 0.1) is 6.61 Å². The Morgan fingerprint density at radius 2 is 2.43 bits per heavy atom. The fraction of sp³-hybridized carbons (Fsp3) is 0.875. The number of halogens is 2. The maximum Gasteiger partial charge on any atom is 0.261 e. The summed E-state index contributed by atoms with van der Waals surface area (Å²) in [6.45, 7) is 1.21. The topological polar surface area (TPSA) is 33.6 Å². The molecule has 0 amide bonds. The van der Waals surface area contributed by atoms with Gasteiger partial charge in [-0.05, 0) is 6.42 Å². The molecule has 0 aromatic heterocycles. The smallest absolute Gasteiger partial charge is 0.261 e. The molecule has 1 heterocycles. The standard InChI is InChI=1S/C8H14F2N2OS/c9-7(10)6-13-4-3-12-8-11-2-1-5-14-8/h7H,1-6H2,(H,11,12). The van der Waals surface area contributed by atoms with Crippen LogP contribution in [0.2, 0.25) is 0 Å². The molecule has 82 valence electrons. The monoisotopic (exact) mass is 224 g/mol. The summed E-state index contributed by atoms with van der Waals surface area (Å²) >= 11 is 1.66. The van der Waals surface area contributed by atoms with Crippen LogP contribution >= 0.6 is 11.8 Å². The number of amidine groups is 1. The van der Waals surface area contributed by atoms with E-state index in [1.54, 1.807) is 11.8 Å². The molecule has 6 heteroatoms. The maximum atomic E-state index is 11.6. The third-order valence-electron chi connectivity index (χ3n) is 1.56. The van der Waals surface area contributed by atoms with Crippen LogP contribution in [0.3, 0.4) is 0 Å². The van der Waals surface area contributed by atoms with Crippen molar-refractivity contribution in [3.8, 4) is 0 Å². The van der Waals surface area contributed by atoms with E-state index in [9.17, 15) is 8.78 Å². The molecule has 0 unspecified atom stereocenters. The summed E-state index contributed by atoms with van der Waals surface area (Å²) in [5.74, 6) is 1.07. The van der Waals surface area contributed by atoms with E-state index in [-0.39, 0.29) is 0 Å². The normalized spacial score (nSPS) is 16.9. The molecule has 1 aliphatic heterocycles. The average Bonchev–Trinajstić information content (AvgIpc) is 2.18. The van der Waals surface area contributed by atoms with Crippen molar-refractivity contribution in [2.24, 2.45) is 4.99 Å². The first-order valence-corrected chi connectivity index (χ1v) is 5.54. The number of alkyl halides is 2. The first-order valence-electron chi connectivity index (χ1n) is 4.56. The van der Waals surface area contributed by atoms with Crippen molar-refractivity contribution in [3.63, 3.8) is 0 Å². The van der Waals surface area contributed by atoms with E-state index >= 15 is 0 Å². The Balaban J connectivity index is 1.95.